The van der Waals surface area contributed by atoms with Gasteiger partial charge in [0.25, 0.3) is 0 Å². The molecule has 4 aromatic heterocycles. The van der Waals surface area contributed by atoms with Crippen molar-refractivity contribution in [3.8, 4) is 11.4 Å². The standard InChI is InChI=1S/C43H23N3O4/c47-41-26-16-14-22-15-17-27-40-38(22)39(26)45(43(49)46(40)35-19-29-25-11-5-7-13-36(25)50-37(29)21-31(35)42(27)48)34-18-28-24-10-4-6-12-32(24)44(33(28)20-30(34)41)23-8-2-1-3-9-23/h1-21,41,47H. The molecule has 1 aliphatic heterocycles. The smallest absolute Gasteiger partial charge is 0.338 e. The second-order valence-electron chi connectivity index (χ2n) is 13.3. The molecule has 0 spiro atoms. The van der Waals surface area contributed by atoms with Gasteiger partial charge in [0.2, 0.25) is 0 Å². The molecule has 0 amide bonds. The highest BCUT2D eigenvalue weighted by Crippen LogP contribution is 2.45. The molecule has 1 unspecified atom stereocenters. The molecule has 0 aliphatic carbocycles. The molecule has 0 saturated carbocycles. The first-order valence-corrected chi connectivity index (χ1v) is 16.6. The van der Waals surface area contributed by atoms with Crippen LogP contribution in [0.4, 0.5) is 0 Å². The minimum atomic E-state index is -0.994. The van der Waals surface area contributed by atoms with Gasteiger partial charge in [0.1, 0.15) is 17.3 Å². The third kappa shape index (κ3) is 3.01. The SMILES string of the molecule is O=c1c2cc3oc4ccccc4c3cc2n2c(=O)n3c4c(ccc5ccc1c2c54)C(O)c1cc2c(cc1-3)c1ccccc1n2-c1ccccc1. The molecule has 7 nitrogen and oxygen atoms in total. The summed E-state index contributed by atoms with van der Waals surface area (Å²) in [4.78, 5) is 29.6. The van der Waals surface area contributed by atoms with Gasteiger partial charge in [-0.15, -0.1) is 0 Å². The molecule has 7 aromatic carbocycles. The maximum atomic E-state index is 15.3. The maximum absolute atomic E-state index is 15.3. The van der Waals surface area contributed by atoms with Crippen LogP contribution in [0.3, 0.4) is 0 Å². The quantitative estimate of drug-likeness (QED) is 0.143. The summed E-state index contributed by atoms with van der Waals surface area (Å²) in [5, 5.41) is 18.4. The molecule has 1 atom stereocenters. The second-order valence-corrected chi connectivity index (χ2v) is 13.3. The van der Waals surface area contributed by atoms with E-state index in [0.29, 0.717) is 49.7 Å². The number of aromatic nitrogens is 3. The largest absolute Gasteiger partial charge is 0.456 e. The molecule has 234 valence electrons. The van der Waals surface area contributed by atoms with E-state index in [1.165, 1.54) is 0 Å². The van der Waals surface area contributed by atoms with Gasteiger partial charge < -0.3 is 14.1 Å². The van der Waals surface area contributed by atoms with Crippen molar-refractivity contribution in [1.82, 2.24) is 13.5 Å². The van der Waals surface area contributed by atoms with Gasteiger partial charge in [-0.3, -0.25) is 13.8 Å². The molecular weight excluding hydrogens is 622 g/mol. The number of pyridine rings is 1. The Morgan fingerprint density at radius 1 is 0.540 bits per heavy atom. The van der Waals surface area contributed by atoms with E-state index in [-0.39, 0.29) is 11.1 Å². The lowest BCUT2D eigenvalue weighted by molar-refractivity contribution is 0.219. The molecule has 0 radical (unpaired) electrons. The Balaban J connectivity index is 1.30. The summed E-state index contributed by atoms with van der Waals surface area (Å²) in [5.41, 5.74) is 7.41. The van der Waals surface area contributed by atoms with E-state index >= 15 is 4.79 Å². The highest BCUT2D eigenvalue weighted by Gasteiger charge is 2.32. The number of fused-ring (bicyclic) bond motifs is 10. The zero-order valence-electron chi connectivity index (χ0n) is 26.2. The first kappa shape index (κ1) is 26.3. The van der Waals surface area contributed by atoms with Crippen LogP contribution in [0.5, 0.6) is 0 Å². The van der Waals surface area contributed by atoms with Crippen molar-refractivity contribution in [2.45, 2.75) is 6.10 Å². The molecule has 50 heavy (non-hydrogen) atoms. The first-order chi connectivity index (χ1) is 24.6. The van der Waals surface area contributed by atoms with Crippen LogP contribution in [-0.4, -0.2) is 18.6 Å². The minimum absolute atomic E-state index is 0.165. The Morgan fingerprint density at radius 3 is 2.20 bits per heavy atom. The van der Waals surface area contributed by atoms with Gasteiger partial charge in [-0.1, -0.05) is 72.8 Å². The molecule has 1 aliphatic rings. The Hall–Kier alpha value is -6.70. The van der Waals surface area contributed by atoms with Crippen molar-refractivity contribution in [3.05, 3.63) is 159 Å². The predicted molar refractivity (Wildman–Crippen MR) is 199 cm³/mol. The van der Waals surface area contributed by atoms with Gasteiger partial charge in [-0.2, -0.15) is 0 Å². The van der Waals surface area contributed by atoms with E-state index in [1.807, 2.05) is 97.1 Å². The van der Waals surface area contributed by atoms with E-state index in [1.54, 1.807) is 15.0 Å². The van der Waals surface area contributed by atoms with Crippen molar-refractivity contribution in [1.29, 1.82) is 0 Å². The summed E-state index contributed by atoms with van der Waals surface area (Å²) in [6.07, 6.45) is -0.994. The number of nitrogens with zero attached hydrogens (tertiary/aromatic N) is 3. The van der Waals surface area contributed by atoms with Gasteiger partial charge in [0.15, 0.2) is 5.43 Å². The molecule has 11 aromatic rings. The van der Waals surface area contributed by atoms with Gasteiger partial charge >= 0.3 is 5.69 Å². The van der Waals surface area contributed by atoms with E-state index in [4.69, 9.17) is 4.42 Å². The predicted octanol–water partition coefficient (Wildman–Crippen LogP) is 8.74. The number of aliphatic hydroxyl groups excluding tert-OH is 1. The lowest BCUT2D eigenvalue weighted by Crippen LogP contribution is -2.32. The lowest BCUT2D eigenvalue weighted by Gasteiger charge is -2.29. The van der Waals surface area contributed by atoms with Crippen LogP contribution in [0, 0.1) is 0 Å². The van der Waals surface area contributed by atoms with Gasteiger partial charge in [-0.25, -0.2) is 4.79 Å². The van der Waals surface area contributed by atoms with Crippen molar-refractivity contribution in [2.24, 2.45) is 0 Å². The Kier molecular flexibility index (Phi) is 4.65. The van der Waals surface area contributed by atoms with Crippen LogP contribution < -0.4 is 11.1 Å². The summed E-state index contributed by atoms with van der Waals surface area (Å²) in [6, 6.07) is 41.6. The van der Waals surface area contributed by atoms with Crippen molar-refractivity contribution < 1.29 is 9.52 Å². The number of hydrogen-bond acceptors (Lipinski definition) is 4. The zero-order chi connectivity index (χ0) is 33.0. The zero-order valence-corrected chi connectivity index (χ0v) is 26.2. The average molecular weight is 646 g/mol. The highest BCUT2D eigenvalue weighted by atomic mass is 16.3. The third-order valence-corrected chi connectivity index (χ3v) is 10.9. The Bertz CT molecular complexity index is 3440. The summed E-state index contributed by atoms with van der Waals surface area (Å²) in [7, 11) is 0. The van der Waals surface area contributed by atoms with E-state index in [9.17, 15) is 9.90 Å². The van der Waals surface area contributed by atoms with Crippen LogP contribution in [0.1, 0.15) is 17.2 Å². The van der Waals surface area contributed by atoms with Crippen molar-refractivity contribution in [3.63, 3.8) is 0 Å². The maximum Gasteiger partial charge on any atom is 0.338 e. The summed E-state index contributed by atoms with van der Waals surface area (Å²) in [6.45, 7) is 0. The minimum Gasteiger partial charge on any atom is -0.456 e. The number of benzene rings is 7. The second kappa shape index (κ2) is 8.85. The fourth-order valence-electron chi connectivity index (χ4n) is 8.74. The molecule has 7 heteroatoms. The van der Waals surface area contributed by atoms with Crippen molar-refractivity contribution in [2.75, 3.05) is 0 Å². The normalized spacial score (nSPS) is 14.5. The van der Waals surface area contributed by atoms with Gasteiger partial charge in [-0.05, 0) is 60.0 Å². The Labute approximate surface area is 281 Å². The number of aliphatic hydroxyl groups is 1. The van der Waals surface area contributed by atoms with E-state index in [0.717, 1.165) is 54.6 Å². The fourth-order valence-corrected chi connectivity index (χ4v) is 8.74. The molecule has 5 heterocycles. The summed E-state index contributed by atoms with van der Waals surface area (Å²) >= 11 is 0. The highest BCUT2D eigenvalue weighted by molar-refractivity contribution is 6.19. The summed E-state index contributed by atoms with van der Waals surface area (Å²) < 4.78 is 11.8. The van der Waals surface area contributed by atoms with Gasteiger partial charge in [0, 0.05) is 49.1 Å². The fraction of sp³-hybridized carbons (Fsp3) is 0.0233. The number of rotatable bonds is 1. The first-order valence-electron chi connectivity index (χ1n) is 16.6. The van der Waals surface area contributed by atoms with E-state index in [2.05, 4.69) is 28.8 Å². The number of hydrogen-bond donors (Lipinski definition) is 1. The van der Waals surface area contributed by atoms with Crippen LogP contribution in [0.2, 0.25) is 0 Å². The van der Waals surface area contributed by atoms with Crippen LogP contribution in [0.25, 0.3) is 93.2 Å². The molecule has 0 fully saturated rings. The monoisotopic (exact) mass is 645 g/mol. The molecular formula is C43H23N3O4. The summed E-state index contributed by atoms with van der Waals surface area (Å²) in [5.74, 6) is 0. The average Bonchev–Trinajstić information content (AvgIpc) is 3.68. The molecule has 0 bridgehead atoms. The van der Waals surface area contributed by atoms with Crippen LogP contribution >= 0.6 is 0 Å². The van der Waals surface area contributed by atoms with E-state index < -0.39 is 6.10 Å². The molecule has 0 saturated heterocycles. The number of para-hydroxylation sites is 3. The van der Waals surface area contributed by atoms with Gasteiger partial charge in [0.05, 0.1) is 38.7 Å². The molecule has 1 N–H and O–H groups in total. The Morgan fingerprint density at radius 2 is 1.32 bits per heavy atom. The van der Waals surface area contributed by atoms with Crippen molar-refractivity contribution >= 4 is 81.8 Å². The third-order valence-electron chi connectivity index (χ3n) is 10.9. The lowest BCUT2D eigenvalue weighted by atomic mass is 9.90. The van der Waals surface area contributed by atoms with Crippen LogP contribution in [-0.2, 0) is 0 Å². The number of furan rings is 1. The van der Waals surface area contributed by atoms with Crippen LogP contribution in [0.15, 0.2) is 141 Å². The molecule has 12 rings (SSSR count). The topological polar surface area (TPSA) is 81.8 Å².